The number of nitrogens with zero attached hydrogens (tertiary/aromatic N) is 2. The van der Waals surface area contributed by atoms with Gasteiger partial charge >= 0.3 is 0 Å². The summed E-state index contributed by atoms with van der Waals surface area (Å²) in [5.74, 6) is -0.187. The van der Waals surface area contributed by atoms with Gasteiger partial charge in [-0.15, -0.1) is 0 Å². The fraction of sp³-hybridized carbons (Fsp3) is 0.227. The van der Waals surface area contributed by atoms with E-state index in [9.17, 15) is 9.18 Å². The summed E-state index contributed by atoms with van der Waals surface area (Å²) in [7, 11) is 1.44. The number of nitrogen functional groups attached to an aromatic ring is 1. The summed E-state index contributed by atoms with van der Waals surface area (Å²) < 4.78 is 20.0. The number of anilines is 1. The lowest BCUT2D eigenvalue weighted by atomic mass is 9.78. The first-order chi connectivity index (χ1) is 13.5. The van der Waals surface area contributed by atoms with Crippen molar-refractivity contribution >= 4 is 11.7 Å². The number of carbonyl (C=O) groups excluding carboxylic acids is 1. The van der Waals surface area contributed by atoms with E-state index in [4.69, 9.17) is 10.5 Å². The molecule has 4 rings (SSSR count). The SMILES string of the molecule is COc1cccc(-c2ccccc2C2CC(=O)c3c(C)nc(N)nc3C2)c1F. The van der Waals surface area contributed by atoms with Crippen LogP contribution in [-0.2, 0) is 6.42 Å². The smallest absolute Gasteiger partial charge is 0.220 e. The molecule has 1 atom stereocenters. The number of carbonyl (C=O) groups is 1. The molecule has 1 aliphatic carbocycles. The van der Waals surface area contributed by atoms with Crippen molar-refractivity contribution in [3.8, 4) is 16.9 Å². The van der Waals surface area contributed by atoms with E-state index in [1.54, 1.807) is 25.1 Å². The fourth-order valence-electron chi connectivity index (χ4n) is 3.99. The highest BCUT2D eigenvalue weighted by Crippen LogP contribution is 2.39. The molecule has 2 N–H and O–H groups in total. The van der Waals surface area contributed by atoms with Crippen LogP contribution in [0.1, 0.15) is 39.6 Å². The first-order valence-corrected chi connectivity index (χ1v) is 9.07. The number of aryl methyl sites for hydroxylation is 1. The minimum Gasteiger partial charge on any atom is -0.494 e. The van der Waals surface area contributed by atoms with Crippen molar-refractivity contribution in [1.29, 1.82) is 0 Å². The maximum absolute atomic E-state index is 14.9. The molecular weight excluding hydrogens is 357 g/mol. The fourth-order valence-corrected chi connectivity index (χ4v) is 3.99. The molecule has 0 bridgehead atoms. The van der Waals surface area contributed by atoms with Crippen molar-refractivity contribution in [2.75, 3.05) is 12.8 Å². The average molecular weight is 377 g/mol. The normalized spacial score (nSPS) is 16.0. The topological polar surface area (TPSA) is 78.1 Å². The van der Waals surface area contributed by atoms with Gasteiger partial charge in [-0.25, -0.2) is 14.4 Å². The van der Waals surface area contributed by atoms with Gasteiger partial charge in [0.05, 0.1) is 24.1 Å². The van der Waals surface area contributed by atoms with Crippen LogP contribution >= 0.6 is 0 Å². The number of methoxy groups -OCH3 is 1. The third kappa shape index (κ3) is 3.01. The highest BCUT2D eigenvalue weighted by Gasteiger charge is 2.31. The first kappa shape index (κ1) is 18.1. The van der Waals surface area contributed by atoms with Crippen LogP contribution in [0.25, 0.3) is 11.1 Å². The Morgan fingerprint density at radius 1 is 1.07 bits per heavy atom. The number of benzene rings is 2. The van der Waals surface area contributed by atoms with Gasteiger partial charge in [0.25, 0.3) is 0 Å². The number of aromatic nitrogens is 2. The van der Waals surface area contributed by atoms with Crippen LogP contribution in [0.2, 0.25) is 0 Å². The lowest BCUT2D eigenvalue weighted by molar-refractivity contribution is 0.0962. The Kier molecular flexibility index (Phi) is 4.55. The van der Waals surface area contributed by atoms with Gasteiger partial charge in [-0.05, 0) is 36.5 Å². The van der Waals surface area contributed by atoms with Crippen LogP contribution in [0.5, 0.6) is 5.75 Å². The van der Waals surface area contributed by atoms with Crippen LogP contribution in [0.3, 0.4) is 0 Å². The molecule has 5 nitrogen and oxygen atoms in total. The molecule has 1 unspecified atom stereocenters. The van der Waals surface area contributed by atoms with Crippen molar-refractivity contribution in [1.82, 2.24) is 9.97 Å². The van der Waals surface area contributed by atoms with Gasteiger partial charge in [-0.3, -0.25) is 4.79 Å². The van der Waals surface area contributed by atoms with Crippen LogP contribution in [0.4, 0.5) is 10.3 Å². The Hall–Kier alpha value is -3.28. The Balaban J connectivity index is 1.81. The monoisotopic (exact) mass is 377 g/mol. The Labute approximate surface area is 162 Å². The van der Waals surface area contributed by atoms with Gasteiger partial charge < -0.3 is 10.5 Å². The van der Waals surface area contributed by atoms with E-state index in [-0.39, 0.29) is 23.4 Å². The molecule has 0 saturated heterocycles. The minimum atomic E-state index is -0.414. The number of nitrogens with two attached hydrogens (primary N) is 1. The van der Waals surface area contributed by atoms with Crippen LogP contribution in [0, 0.1) is 12.7 Å². The van der Waals surface area contributed by atoms with E-state index < -0.39 is 5.82 Å². The van der Waals surface area contributed by atoms with Gasteiger partial charge in [0.2, 0.25) is 5.95 Å². The zero-order valence-electron chi connectivity index (χ0n) is 15.7. The molecule has 6 heteroatoms. The molecule has 0 amide bonds. The minimum absolute atomic E-state index is 0.00957. The summed E-state index contributed by atoms with van der Waals surface area (Å²) in [6.07, 6.45) is 0.876. The third-order valence-corrected chi connectivity index (χ3v) is 5.21. The maximum Gasteiger partial charge on any atom is 0.220 e. The summed E-state index contributed by atoms with van der Waals surface area (Å²) in [5, 5.41) is 0. The predicted molar refractivity (Wildman–Crippen MR) is 105 cm³/mol. The predicted octanol–water partition coefficient (Wildman–Crippen LogP) is 4.09. The van der Waals surface area contributed by atoms with Crippen LogP contribution in [0.15, 0.2) is 42.5 Å². The second-order valence-electron chi connectivity index (χ2n) is 6.93. The van der Waals surface area contributed by atoms with Crippen LogP contribution < -0.4 is 10.5 Å². The average Bonchev–Trinajstić information content (AvgIpc) is 2.67. The summed E-state index contributed by atoms with van der Waals surface area (Å²) in [6.45, 7) is 1.77. The van der Waals surface area contributed by atoms with Crippen molar-refractivity contribution < 1.29 is 13.9 Å². The maximum atomic E-state index is 14.9. The van der Waals surface area contributed by atoms with Gasteiger partial charge in [0.15, 0.2) is 17.3 Å². The molecule has 2 aromatic carbocycles. The molecule has 1 aromatic heterocycles. The number of hydrogen-bond acceptors (Lipinski definition) is 5. The van der Waals surface area contributed by atoms with E-state index in [0.29, 0.717) is 35.4 Å². The van der Waals surface area contributed by atoms with E-state index in [0.717, 1.165) is 11.1 Å². The van der Waals surface area contributed by atoms with Crippen LogP contribution in [-0.4, -0.2) is 22.9 Å². The summed E-state index contributed by atoms with van der Waals surface area (Å²) in [4.78, 5) is 21.2. The molecule has 0 spiro atoms. The molecule has 0 fully saturated rings. The summed E-state index contributed by atoms with van der Waals surface area (Å²) in [6, 6.07) is 12.6. The Bertz CT molecular complexity index is 1080. The Morgan fingerprint density at radius 2 is 1.82 bits per heavy atom. The third-order valence-electron chi connectivity index (χ3n) is 5.21. The van der Waals surface area contributed by atoms with Crippen molar-refractivity contribution in [2.45, 2.75) is 25.7 Å². The number of halogens is 1. The molecule has 142 valence electrons. The zero-order chi connectivity index (χ0) is 19.8. The van der Waals surface area contributed by atoms with Gasteiger partial charge in [-0.1, -0.05) is 36.4 Å². The molecule has 3 aromatic rings. The molecule has 0 saturated carbocycles. The number of rotatable bonds is 3. The Morgan fingerprint density at radius 3 is 2.61 bits per heavy atom. The summed E-state index contributed by atoms with van der Waals surface area (Å²) >= 11 is 0. The highest BCUT2D eigenvalue weighted by atomic mass is 19.1. The number of ketones is 1. The number of fused-ring (bicyclic) bond motifs is 1. The molecule has 1 heterocycles. The second kappa shape index (κ2) is 7.03. The summed E-state index contributed by atoms with van der Waals surface area (Å²) in [5.41, 5.74) is 9.73. The molecular formula is C22H20FN3O2. The molecule has 28 heavy (non-hydrogen) atoms. The van der Waals surface area contributed by atoms with E-state index in [1.165, 1.54) is 7.11 Å². The highest BCUT2D eigenvalue weighted by molar-refractivity contribution is 6.00. The quantitative estimate of drug-likeness (QED) is 0.744. The van der Waals surface area contributed by atoms with Crippen molar-refractivity contribution in [3.63, 3.8) is 0 Å². The lowest BCUT2D eigenvalue weighted by Gasteiger charge is -2.26. The molecule has 1 aliphatic rings. The number of Topliss-reactive ketones (excluding diaryl/α,β-unsaturated/α-hetero) is 1. The second-order valence-corrected chi connectivity index (χ2v) is 6.93. The zero-order valence-corrected chi connectivity index (χ0v) is 15.7. The number of hydrogen-bond donors (Lipinski definition) is 1. The lowest BCUT2D eigenvalue weighted by Crippen LogP contribution is -2.23. The molecule has 0 radical (unpaired) electrons. The van der Waals surface area contributed by atoms with E-state index >= 15 is 0 Å². The van der Waals surface area contributed by atoms with E-state index in [2.05, 4.69) is 9.97 Å². The van der Waals surface area contributed by atoms with Gasteiger partial charge in [0, 0.05) is 12.0 Å². The van der Waals surface area contributed by atoms with Gasteiger partial charge in [-0.2, -0.15) is 0 Å². The number of ether oxygens (including phenoxy) is 1. The molecule has 0 aliphatic heterocycles. The van der Waals surface area contributed by atoms with Crippen molar-refractivity contribution in [3.05, 3.63) is 70.8 Å². The van der Waals surface area contributed by atoms with Gasteiger partial charge in [0.1, 0.15) is 0 Å². The van der Waals surface area contributed by atoms with E-state index in [1.807, 2.05) is 24.3 Å². The standard InChI is InChI=1S/C22H20FN3O2/c1-12-20-17(26-22(24)25-12)10-13(11-18(20)27)14-6-3-4-7-15(14)16-8-5-9-19(28-2)21(16)23/h3-9,13H,10-11H2,1-2H3,(H2,24,25,26). The van der Waals surface area contributed by atoms with Crippen molar-refractivity contribution in [2.24, 2.45) is 0 Å². The first-order valence-electron chi connectivity index (χ1n) is 9.07. The largest absolute Gasteiger partial charge is 0.494 e.